The summed E-state index contributed by atoms with van der Waals surface area (Å²) in [6.45, 7) is 4.19. The first-order valence-electron chi connectivity index (χ1n) is 5.20. The molecule has 14 heavy (non-hydrogen) atoms. The summed E-state index contributed by atoms with van der Waals surface area (Å²) >= 11 is 1.61. The van der Waals surface area contributed by atoms with Crippen LogP contribution in [-0.2, 0) is 6.42 Å². The second-order valence-electron chi connectivity index (χ2n) is 3.54. The van der Waals surface area contributed by atoms with Crippen molar-refractivity contribution in [3.63, 3.8) is 0 Å². The highest BCUT2D eigenvalue weighted by atomic mass is 32.1. The lowest BCUT2D eigenvalue weighted by atomic mass is 10.1. The van der Waals surface area contributed by atoms with E-state index in [0.717, 1.165) is 36.8 Å². The van der Waals surface area contributed by atoms with Crippen LogP contribution >= 0.6 is 11.3 Å². The van der Waals surface area contributed by atoms with Gasteiger partial charge in [0.1, 0.15) is 6.10 Å². The minimum Gasteiger partial charge on any atom is -0.465 e. The number of piperidine rings is 1. The first kappa shape index (κ1) is 9.93. The molecule has 4 heteroatoms. The topological polar surface area (TPSA) is 34.1 Å². The van der Waals surface area contributed by atoms with Crippen LogP contribution in [0.25, 0.3) is 0 Å². The Morgan fingerprint density at radius 1 is 1.71 bits per heavy atom. The summed E-state index contributed by atoms with van der Waals surface area (Å²) in [6, 6.07) is 0. The van der Waals surface area contributed by atoms with Crippen molar-refractivity contribution >= 4 is 11.3 Å². The van der Waals surface area contributed by atoms with E-state index in [1.807, 2.05) is 0 Å². The Morgan fingerprint density at radius 2 is 2.64 bits per heavy atom. The SMILES string of the molecule is CCc1csc(OC2CCCNC2)n1. The lowest BCUT2D eigenvalue weighted by Crippen LogP contribution is -2.37. The Kier molecular flexibility index (Phi) is 3.37. The number of thiazole rings is 1. The predicted molar refractivity (Wildman–Crippen MR) is 58.0 cm³/mol. The van der Waals surface area contributed by atoms with Crippen LogP contribution in [0.5, 0.6) is 5.19 Å². The van der Waals surface area contributed by atoms with Crippen LogP contribution in [0.15, 0.2) is 5.38 Å². The minimum atomic E-state index is 0.319. The molecule has 1 aromatic heterocycles. The summed E-state index contributed by atoms with van der Waals surface area (Å²) in [4.78, 5) is 4.39. The lowest BCUT2D eigenvalue weighted by Gasteiger charge is -2.22. The number of nitrogens with zero attached hydrogens (tertiary/aromatic N) is 1. The molecule has 3 nitrogen and oxygen atoms in total. The second kappa shape index (κ2) is 4.75. The molecule has 0 aliphatic carbocycles. The summed E-state index contributed by atoms with van der Waals surface area (Å²) in [5.41, 5.74) is 1.13. The molecule has 1 aliphatic rings. The molecule has 78 valence electrons. The fraction of sp³-hybridized carbons (Fsp3) is 0.700. The van der Waals surface area contributed by atoms with E-state index in [1.165, 1.54) is 6.42 Å². The average molecular weight is 212 g/mol. The lowest BCUT2D eigenvalue weighted by molar-refractivity contribution is 0.166. The molecular formula is C10H16N2OS. The molecule has 0 bridgehead atoms. The standard InChI is InChI=1S/C10H16N2OS/c1-2-8-7-14-10(12-8)13-9-4-3-5-11-6-9/h7,9,11H,2-6H2,1H3. The Bertz CT molecular complexity index is 281. The molecule has 1 aliphatic heterocycles. The van der Waals surface area contributed by atoms with Crippen molar-refractivity contribution in [2.24, 2.45) is 0 Å². The van der Waals surface area contributed by atoms with Gasteiger partial charge in [-0.2, -0.15) is 0 Å². The normalized spacial score (nSPS) is 22.2. The molecule has 1 saturated heterocycles. The number of aromatic nitrogens is 1. The molecule has 0 spiro atoms. The maximum absolute atomic E-state index is 5.78. The van der Waals surface area contributed by atoms with Crippen LogP contribution in [-0.4, -0.2) is 24.2 Å². The third-order valence-corrected chi connectivity index (χ3v) is 3.19. The zero-order valence-corrected chi connectivity index (χ0v) is 9.27. The molecule has 0 amide bonds. The highest BCUT2D eigenvalue weighted by Crippen LogP contribution is 2.21. The number of ether oxygens (including phenoxy) is 1. The van der Waals surface area contributed by atoms with Gasteiger partial charge in [0.2, 0.25) is 0 Å². The van der Waals surface area contributed by atoms with Crippen molar-refractivity contribution in [2.45, 2.75) is 32.3 Å². The number of nitrogens with one attached hydrogen (secondary N) is 1. The van der Waals surface area contributed by atoms with Gasteiger partial charge < -0.3 is 10.1 Å². The third kappa shape index (κ3) is 2.45. The van der Waals surface area contributed by atoms with E-state index in [0.29, 0.717) is 6.10 Å². The van der Waals surface area contributed by atoms with E-state index in [-0.39, 0.29) is 0 Å². The maximum atomic E-state index is 5.78. The second-order valence-corrected chi connectivity index (χ2v) is 4.37. The van der Waals surface area contributed by atoms with E-state index in [1.54, 1.807) is 11.3 Å². The zero-order chi connectivity index (χ0) is 9.80. The van der Waals surface area contributed by atoms with E-state index in [2.05, 4.69) is 22.6 Å². The number of hydrogen-bond donors (Lipinski definition) is 1. The average Bonchev–Trinajstić information content (AvgIpc) is 2.67. The van der Waals surface area contributed by atoms with Crippen molar-refractivity contribution in [3.05, 3.63) is 11.1 Å². The van der Waals surface area contributed by atoms with Crippen molar-refractivity contribution in [3.8, 4) is 5.19 Å². The molecule has 1 unspecified atom stereocenters. The fourth-order valence-electron chi connectivity index (χ4n) is 1.57. The highest BCUT2D eigenvalue weighted by Gasteiger charge is 2.15. The van der Waals surface area contributed by atoms with Crippen LogP contribution in [0, 0.1) is 0 Å². The van der Waals surface area contributed by atoms with Crippen LogP contribution in [0.1, 0.15) is 25.5 Å². The van der Waals surface area contributed by atoms with Crippen molar-refractivity contribution in [1.29, 1.82) is 0 Å². The molecule has 1 N–H and O–H groups in total. The van der Waals surface area contributed by atoms with Gasteiger partial charge >= 0.3 is 0 Å². The Labute approximate surface area is 88.5 Å². The molecule has 1 fully saturated rings. The molecular weight excluding hydrogens is 196 g/mol. The quantitative estimate of drug-likeness (QED) is 0.830. The van der Waals surface area contributed by atoms with Crippen molar-refractivity contribution < 1.29 is 4.74 Å². The van der Waals surface area contributed by atoms with Gasteiger partial charge in [-0.15, -0.1) is 0 Å². The Hall–Kier alpha value is -0.610. The van der Waals surface area contributed by atoms with Gasteiger partial charge in [-0.3, -0.25) is 0 Å². The molecule has 0 radical (unpaired) electrons. The molecule has 2 rings (SSSR count). The van der Waals surface area contributed by atoms with Crippen LogP contribution in [0.4, 0.5) is 0 Å². The summed E-state index contributed by atoms with van der Waals surface area (Å²) in [5.74, 6) is 0. The number of hydrogen-bond acceptors (Lipinski definition) is 4. The minimum absolute atomic E-state index is 0.319. The van der Waals surface area contributed by atoms with Gasteiger partial charge in [0.25, 0.3) is 5.19 Å². The smallest absolute Gasteiger partial charge is 0.273 e. The zero-order valence-electron chi connectivity index (χ0n) is 8.45. The molecule has 1 aromatic rings. The van der Waals surface area contributed by atoms with Gasteiger partial charge in [0.15, 0.2) is 0 Å². The first-order chi connectivity index (χ1) is 6.88. The molecule has 2 heterocycles. The molecule has 0 saturated carbocycles. The largest absolute Gasteiger partial charge is 0.465 e. The van der Waals surface area contributed by atoms with Gasteiger partial charge in [-0.05, 0) is 25.8 Å². The number of rotatable bonds is 3. The van der Waals surface area contributed by atoms with Gasteiger partial charge in [-0.25, -0.2) is 4.98 Å². The summed E-state index contributed by atoms with van der Waals surface area (Å²) < 4.78 is 5.78. The van der Waals surface area contributed by atoms with E-state index < -0.39 is 0 Å². The van der Waals surface area contributed by atoms with Crippen LogP contribution < -0.4 is 10.1 Å². The summed E-state index contributed by atoms with van der Waals surface area (Å²) in [5, 5.41) is 6.23. The summed E-state index contributed by atoms with van der Waals surface area (Å²) in [7, 11) is 0. The highest BCUT2D eigenvalue weighted by molar-refractivity contribution is 7.11. The van der Waals surface area contributed by atoms with Crippen molar-refractivity contribution in [1.82, 2.24) is 10.3 Å². The Morgan fingerprint density at radius 3 is 3.29 bits per heavy atom. The fourth-order valence-corrected chi connectivity index (χ4v) is 2.39. The summed E-state index contributed by atoms with van der Waals surface area (Å²) in [6.07, 6.45) is 3.66. The molecule has 0 aromatic carbocycles. The van der Waals surface area contributed by atoms with Gasteiger partial charge in [0, 0.05) is 11.9 Å². The molecule has 1 atom stereocenters. The van der Waals surface area contributed by atoms with Gasteiger partial charge in [-0.1, -0.05) is 18.3 Å². The predicted octanol–water partition coefficient (Wildman–Crippen LogP) is 1.84. The van der Waals surface area contributed by atoms with E-state index in [4.69, 9.17) is 4.74 Å². The monoisotopic (exact) mass is 212 g/mol. The Balaban J connectivity index is 1.89. The van der Waals surface area contributed by atoms with Crippen LogP contribution in [0.2, 0.25) is 0 Å². The van der Waals surface area contributed by atoms with E-state index >= 15 is 0 Å². The first-order valence-corrected chi connectivity index (χ1v) is 6.08. The third-order valence-electron chi connectivity index (χ3n) is 2.41. The van der Waals surface area contributed by atoms with Crippen molar-refractivity contribution in [2.75, 3.05) is 13.1 Å². The maximum Gasteiger partial charge on any atom is 0.273 e. The van der Waals surface area contributed by atoms with Crippen LogP contribution in [0.3, 0.4) is 0 Å². The van der Waals surface area contributed by atoms with Gasteiger partial charge in [0.05, 0.1) is 5.69 Å². The van der Waals surface area contributed by atoms with E-state index in [9.17, 15) is 0 Å². The number of aryl methyl sites for hydroxylation is 1.